The Kier molecular flexibility index (Phi) is 5.59. The average molecular weight is 480 g/mol. The van der Waals surface area contributed by atoms with Gasteiger partial charge in [-0.05, 0) is 36.8 Å². The molecule has 2 aliphatic rings. The number of nitrogens with zero attached hydrogens (tertiary/aromatic N) is 3. The van der Waals surface area contributed by atoms with Crippen molar-refractivity contribution in [3.63, 3.8) is 0 Å². The number of hydrogen-bond acceptors (Lipinski definition) is 5. The highest BCUT2D eigenvalue weighted by Crippen LogP contribution is 2.57. The summed E-state index contributed by atoms with van der Waals surface area (Å²) >= 11 is 6.26. The Morgan fingerprint density at radius 2 is 1.77 bits per heavy atom. The normalized spacial score (nSPS) is 21.4. The van der Waals surface area contributed by atoms with Crippen LogP contribution in [0.15, 0.2) is 72.8 Å². The summed E-state index contributed by atoms with van der Waals surface area (Å²) in [6.07, 6.45) is 3.72. The Hall–Kier alpha value is -4.06. The van der Waals surface area contributed by atoms with Gasteiger partial charge in [-0.3, -0.25) is 4.79 Å². The van der Waals surface area contributed by atoms with Gasteiger partial charge in [0.05, 0.1) is 25.3 Å². The molecule has 2 heterocycles. The number of aryl methyl sites for hydroxylation is 1. The van der Waals surface area contributed by atoms with E-state index in [1.807, 2.05) is 66.4 Å². The first-order valence-corrected chi connectivity index (χ1v) is 11.7. The van der Waals surface area contributed by atoms with Crippen molar-refractivity contribution in [2.45, 2.75) is 24.9 Å². The number of ketones is 1. The van der Waals surface area contributed by atoms with Crippen LogP contribution in [-0.4, -0.2) is 25.0 Å². The molecule has 35 heavy (non-hydrogen) atoms. The molecule has 0 saturated carbocycles. The molecule has 0 radical (unpaired) electrons. The van der Waals surface area contributed by atoms with Crippen LogP contribution in [0.1, 0.15) is 33.0 Å². The van der Waals surface area contributed by atoms with Crippen LogP contribution in [0.2, 0.25) is 5.02 Å². The number of para-hydroxylation sites is 1. The van der Waals surface area contributed by atoms with E-state index in [4.69, 9.17) is 16.3 Å². The van der Waals surface area contributed by atoms with Gasteiger partial charge in [0.15, 0.2) is 11.2 Å². The van der Waals surface area contributed by atoms with E-state index < -0.39 is 23.4 Å². The zero-order valence-corrected chi connectivity index (χ0v) is 20.0. The van der Waals surface area contributed by atoms with Gasteiger partial charge in [0.2, 0.25) is 0 Å². The molecule has 0 N–H and O–H groups in total. The molecule has 0 unspecified atom stereocenters. The zero-order chi connectivity index (χ0) is 24.7. The topological polar surface area (TPSA) is 77.1 Å². The first-order chi connectivity index (χ1) is 16.9. The number of ether oxygens (including phenoxy) is 1. The van der Waals surface area contributed by atoms with Crippen molar-refractivity contribution in [1.29, 1.82) is 10.5 Å². The third-order valence-corrected chi connectivity index (χ3v) is 7.28. The largest absolute Gasteiger partial charge is 0.496 e. The Labute approximate surface area is 209 Å². The Bertz CT molecular complexity index is 1420. The zero-order valence-electron chi connectivity index (χ0n) is 19.3. The Balaban J connectivity index is 1.81. The standard InChI is InChI=1S/C29H22ClN3O2/c1-18-7-9-19(10-8-18)28(34)27-26(22-5-3-4-6-24(22)35-2)29(16-31,17-32)25-14-11-20-15-21(30)12-13-23(20)33(25)27/h3-15,25-27H,1-2H3/t25-,26-,27+/m1/s1. The molecular weight excluding hydrogens is 458 g/mol. The lowest BCUT2D eigenvalue weighted by atomic mass is 9.69. The van der Waals surface area contributed by atoms with Crippen molar-refractivity contribution >= 4 is 29.1 Å². The number of benzene rings is 3. The van der Waals surface area contributed by atoms with Crippen LogP contribution in [0.25, 0.3) is 6.08 Å². The second-order valence-electron chi connectivity index (χ2n) is 8.90. The van der Waals surface area contributed by atoms with Gasteiger partial charge >= 0.3 is 0 Å². The van der Waals surface area contributed by atoms with Crippen molar-refractivity contribution < 1.29 is 9.53 Å². The summed E-state index contributed by atoms with van der Waals surface area (Å²) in [6.45, 7) is 1.96. The van der Waals surface area contributed by atoms with E-state index in [1.165, 1.54) is 0 Å². The number of carbonyl (C=O) groups is 1. The molecule has 3 aromatic rings. The molecule has 1 fully saturated rings. The van der Waals surface area contributed by atoms with Crippen molar-refractivity contribution in [2.75, 3.05) is 12.0 Å². The van der Waals surface area contributed by atoms with Crippen molar-refractivity contribution in [3.8, 4) is 17.9 Å². The first kappa shape index (κ1) is 22.7. The number of Topliss-reactive ketones (excluding diaryl/α,β-unsaturated/α-hetero) is 1. The molecule has 5 nitrogen and oxygen atoms in total. The fourth-order valence-electron chi connectivity index (χ4n) is 5.42. The summed E-state index contributed by atoms with van der Waals surface area (Å²) in [7, 11) is 1.55. The summed E-state index contributed by atoms with van der Waals surface area (Å²) in [5.74, 6) is -0.387. The van der Waals surface area contributed by atoms with Crippen LogP contribution in [0.5, 0.6) is 5.75 Å². The van der Waals surface area contributed by atoms with E-state index >= 15 is 0 Å². The highest BCUT2D eigenvalue weighted by atomic mass is 35.5. The second kappa shape index (κ2) is 8.62. The molecule has 172 valence electrons. The van der Waals surface area contributed by atoms with E-state index in [0.717, 1.165) is 16.8 Å². The van der Waals surface area contributed by atoms with Crippen LogP contribution in [0.3, 0.4) is 0 Å². The molecule has 1 saturated heterocycles. The quantitative estimate of drug-likeness (QED) is 0.433. The summed E-state index contributed by atoms with van der Waals surface area (Å²) in [6, 6.07) is 23.3. The maximum atomic E-state index is 14.2. The summed E-state index contributed by atoms with van der Waals surface area (Å²) in [5, 5.41) is 21.7. The second-order valence-corrected chi connectivity index (χ2v) is 9.34. The molecule has 0 aliphatic carbocycles. The average Bonchev–Trinajstić information content (AvgIpc) is 3.19. The summed E-state index contributed by atoms with van der Waals surface area (Å²) < 4.78 is 5.64. The van der Waals surface area contributed by atoms with Gasteiger partial charge < -0.3 is 9.64 Å². The van der Waals surface area contributed by atoms with Gasteiger partial charge in [-0.25, -0.2) is 0 Å². The van der Waals surface area contributed by atoms with E-state index in [9.17, 15) is 15.3 Å². The third kappa shape index (κ3) is 3.40. The van der Waals surface area contributed by atoms with E-state index in [-0.39, 0.29) is 5.78 Å². The molecule has 0 bridgehead atoms. The predicted molar refractivity (Wildman–Crippen MR) is 135 cm³/mol. The maximum absolute atomic E-state index is 14.2. The van der Waals surface area contributed by atoms with Crippen LogP contribution in [-0.2, 0) is 0 Å². The Morgan fingerprint density at radius 3 is 2.46 bits per heavy atom. The third-order valence-electron chi connectivity index (χ3n) is 7.05. The lowest BCUT2D eigenvalue weighted by molar-refractivity contribution is 0.0950. The number of methoxy groups -OCH3 is 1. The van der Waals surface area contributed by atoms with E-state index in [0.29, 0.717) is 21.9 Å². The van der Waals surface area contributed by atoms with Gasteiger partial charge in [0.1, 0.15) is 11.8 Å². The molecule has 3 atom stereocenters. The van der Waals surface area contributed by atoms with Crippen LogP contribution >= 0.6 is 11.6 Å². The highest BCUT2D eigenvalue weighted by Gasteiger charge is 2.63. The maximum Gasteiger partial charge on any atom is 0.185 e. The minimum absolute atomic E-state index is 0.158. The number of halogens is 1. The molecule has 0 amide bonds. The molecule has 0 spiro atoms. The van der Waals surface area contributed by atoms with Crippen molar-refractivity contribution in [2.24, 2.45) is 5.41 Å². The number of carbonyl (C=O) groups excluding carboxylic acids is 1. The van der Waals surface area contributed by atoms with Gasteiger partial charge in [0.25, 0.3) is 0 Å². The molecular formula is C29H22ClN3O2. The smallest absolute Gasteiger partial charge is 0.185 e. The summed E-state index contributed by atoms with van der Waals surface area (Å²) in [4.78, 5) is 16.2. The molecule has 6 heteroatoms. The molecule has 5 rings (SSSR count). The number of fused-ring (bicyclic) bond motifs is 3. The molecule has 3 aromatic carbocycles. The lowest BCUT2D eigenvalue weighted by Gasteiger charge is -2.35. The SMILES string of the molecule is COc1ccccc1[C@@H]1[C@@H](C(=O)c2ccc(C)cc2)N2c3ccc(Cl)cc3C=C[C@@H]2C1(C#N)C#N. The van der Waals surface area contributed by atoms with Gasteiger partial charge in [-0.2, -0.15) is 10.5 Å². The minimum atomic E-state index is -1.53. The van der Waals surface area contributed by atoms with Gasteiger partial charge in [0, 0.05) is 27.8 Å². The number of rotatable bonds is 4. The molecule has 0 aromatic heterocycles. The Morgan fingerprint density at radius 1 is 1.06 bits per heavy atom. The van der Waals surface area contributed by atoms with Gasteiger partial charge in [-0.1, -0.05) is 71.8 Å². The fourth-order valence-corrected chi connectivity index (χ4v) is 5.60. The van der Waals surface area contributed by atoms with Crippen molar-refractivity contribution in [1.82, 2.24) is 0 Å². The number of anilines is 1. The number of hydrogen-bond donors (Lipinski definition) is 0. The van der Waals surface area contributed by atoms with Crippen LogP contribution in [0.4, 0.5) is 5.69 Å². The minimum Gasteiger partial charge on any atom is -0.496 e. The van der Waals surface area contributed by atoms with Crippen molar-refractivity contribution in [3.05, 3.63) is 100 Å². The lowest BCUT2D eigenvalue weighted by Crippen LogP contribution is -2.44. The monoisotopic (exact) mass is 479 g/mol. The van der Waals surface area contributed by atoms with Crippen LogP contribution in [0, 0.1) is 35.0 Å². The van der Waals surface area contributed by atoms with Crippen LogP contribution < -0.4 is 9.64 Å². The van der Waals surface area contributed by atoms with E-state index in [2.05, 4.69) is 12.1 Å². The molecule has 2 aliphatic heterocycles. The first-order valence-electron chi connectivity index (χ1n) is 11.3. The van der Waals surface area contributed by atoms with Gasteiger partial charge in [-0.15, -0.1) is 0 Å². The number of nitriles is 2. The predicted octanol–water partition coefficient (Wildman–Crippen LogP) is 5.94. The fraction of sp³-hybridized carbons (Fsp3) is 0.207. The van der Waals surface area contributed by atoms with E-state index in [1.54, 1.807) is 31.4 Å². The summed E-state index contributed by atoms with van der Waals surface area (Å²) in [5.41, 5.74) is 2.28. The highest BCUT2D eigenvalue weighted by molar-refractivity contribution is 6.30.